The van der Waals surface area contributed by atoms with Crippen molar-refractivity contribution in [3.05, 3.63) is 33.4 Å². The Morgan fingerprint density at radius 3 is 2.47 bits per heavy atom. The summed E-state index contributed by atoms with van der Waals surface area (Å²) in [5, 5.41) is 11.1. The molecule has 2 amide bonds. The van der Waals surface area contributed by atoms with Crippen molar-refractivity contribution in [3.63, 3.8) is 0 Å². The zero-order valence-electron chi connectivity index (χ0n) is 22.4. The zero-order chi connectivity index (χ0) is 27.2. The van der Waals surface area contributed by atoms with E-state index in [1.807, 2.05) is 18.2 Å². The number of aliphatic hydroxyl groups is 1. The molecule has 1 aliphatic heterocycles. The van der Waals surface area contributed by atoms with Crippen molar-refractivity contribution in [2.75, 3.05) is 26.5 Å². The number of allylic oxidation sites excluding steroid dienone is 2. The van der Waals surface area contributed by atoms with Gasteiger partial charge in [0.25, 0.3) is 0 Å². The molecule has 8 atom stereocenters. The molecule has 1 N–H and O–H groups in total. The highest BCUT2D eigenvalue weighted by Crippen LogP contribution is 2.67. The number of amides is 2. The second-order valence-electron chi connectivity index (χ2n) is 12.4. The van der Waals surface area contributed by atoms with Gasteiger partial charge in [0.1, 0.15) is 4.75 Å². The van der Waals surface area contributed by atoms with Crippen LogP contribution >= 0.6 is 22.6 Å². The van der Waals surface area contributed by atoms with Gasteiger partial charge in [-0.15, -0.1) is 0 Å². The average molecular weight is 654 g/mol. The van der Waals surface area contributed by atoms with E-state index in [4.69, 9.17) is 9.47 Å². The molecule has 5 aliphatic rings. The molecule has 0 aromatic heterocycles. The van der Waals surface area contributed by atoms with Crippen molar-refractivity contribution in [3.8, 4) is 11.5 Å². The summed E-state index contributed by atoms with van der Waals surface area (Å²) in [7, 11) is 1.59. The highest BCUT2D eigenvalue weighted by atomic mass is 127. The van der Waals surface area contributed by atoms with E-state index >= 15 is 0 Å². The molecule has 206 valence electrons. The number of carbonyl (C=O) groups excluding carboxylic acids is 2. The van der Waals surface area contributed by atoms with Crippen LogP contribution in [0.15, 0.2) is 24.3 Å². The van der Waals surface area contributed by atoms with E-state index in [0.717, 1.165) is 28.4 Å². The van der Waals surface area contributed by atoms with Crippen molar-refractivity contribution in [2.45, 2.75) is 56.8 Å². The molecular weight excluding hydrogens is 617 g/mol. The Bertz CT molecular complexity index is 1260. The predicted octanol–water partition coefficient (Wildman–Crippen LogP) is 3.72. The molecule has 4 aliphatic carbocycles. The standard InChI is InChI=1S/C29H36INO6S/c1-27(2)18-7-9-28(27,23(32)13-18)15-38(35)29-19-6-5-17(11-19)24(29)25(33)31(26(29)34)10-8-16-12-21(36-3)22(37-4)14-20(16)30/h5-6,12,14,17-19,23-24,32H,7-11,13,15H2,1-4H3/t17-,18-,19+,23-,24+,28-,29-,38-/m1/s1. The minimum absolute atomic E-state index is 0.0537. The third-order valence-corrected chi connectivity index (χ3v) is 14.2. The predicted molar refractivity (Wildman–Crippen MR) is 152 cm³/mol. The van der Waals surface area contributed by atoms with Crippen LogP contribution in [0, 0.1) is 38.1 Å². The van der Waals surface area contributed by atoms with E-state index in [1.54, 1.807) is 14.2 Å². The number of carbonyl (C=O) groups is 2. The number of imide groups is 1. The Kier molecular flexibility index (Phi) is 6.35. The van der Waals surface area contributed by atoms with Gasteiger partial charge < -0.3 is 14.6 Å². The molecule has 9 heteroatoms. The van der Waals surface area contributed by atoms with Gasteiger partial charge in [0.2, 0.25) is 11.8 Å². The zero-order valence-corrected chi connectivity index (χ0v) is 25.3. The topological polar surface area (TPSA) is 93.1 Å². The maximum absolute atomic E-state index is 14.5. The number of hydrogen-bond donors (Lipinski definition) is 1. The van der Waals surface area contributed by atoms with E-state index in [-0.39, 0.29) is 41.4 Å². The number of ether oxygens (including phenoxy) is 2. The summed E-state index contributed by atoms with van der Waals surface area (Å²) in [5.74, 6) is 0.619. The first-order valence-corrected chi connectivity index (χ1v) is 15.9. The molecule has 7 nitrogen and oxygen atoms in total. The monoisotopic (exact) mass is 653 g/mol. The first kappa shape index (κ1) is 26.7. The lowest BCUT2D eigenvalue weighted by Gasteiger charge is -2.43. The van der Waals surface area contributed by atoms with E-state index < -0.39 is 33.0 Å². The molecule has 38 heavy (non-hydrogen) atoms. The van der Waals surface area contributed by atoms with Gasteiger partial charge in [-0.25, -0.2) is 0 Å². The number of hydrogen-bond acceptors (Lipinski definition) is 6. The fourth-order valence-corrected chi connectivity index (χ4v) is 12.2. The first-order chi connectivity index (χ1) is 18.0. The molecule has 3 saturated carbocycles. The third-order valence-electron chi connectivity index (χ3n) is 11.0. The molecule has 0 spiro atoms. The number of benzene rings is 1. The summed E-state index contributed by atoms with van der Waals surface area (Å²) < 4.78 is 25.1. The largest absolute Gasteiger partial charge is 0.493 e. The highest BCUT2D eigenvalue weighted by Gasteiger charge is 2.74. The van der Waals surface area contributed by atoms with Crippen molar-refractivity contribution in [1.82, 2.24) is 4.90 Å². The number of nitrogens with zero attached hydrogens (tertiary/aromatic N) is 1. The van der Waals surface area contributed by atoms with Crippen LogP contribution in [0.4, 0.5) is 0 Å². The maximum Gasteiger partial charge on any atom is 0.249 e. The number of likely N-dealkylation sites (tertiary alicyclic amines) is 1. The minimum atomic E-state index is -1.59. The molecule has 4 fully saturated rings. The van der Waals surface area contributed by atoms with E-state index in [2.05, 4.69) is 42.5 Å². The van der Waals surface area contributed by atoms with Gasteiger partial charge in [-0.05, 0) is 89.6 Å². The smallest absolute Gasteiger partial charge is 0.249 e. The van der Waals surface area contributed by atoms with Crippen molar-refractivity contribution < 1.29 is 28.4 Å². The Hall–Kier alpha value is -1.46. The fraction of sp³-hybridized carbons (Fsp3) is 0.655. The number of methoxy groups -OCH3 is 2. The Balaban J connectivity index is 1.30. The highest BCUT2D eigenvalue weighted by molar-refractivity contribution is 14.1. The fourth-order valence-electron chi connectivity index (χ4n) is 8.65. The van der Waals surface area contributed by atoms with Gasteiger partial charge in [-0.3, -0.25) is 18.7 Å². The SMILES string of the molecule is COc1cc(I)c(CCN2C(=O)[C@@H]3[C@@H]4C=C[C@@H](C4)[C@]3([S@](=O)C[C@]34CC[C@H](C[C@H]3O)C4(C)C)C2=O)cc1OC. The van der Waals surface area contributed by atoms with Crippen LogP contribution in [0.3, 0.4) is 0 Å². The first-order valence-electron chi connectivity index (χ1n) is 13.5. The summed E-state index contributed by atoms with van der Waals surface area (Å²) in [5.41, 5.74) is 0.348. The van der Waals surface area contributed by atoms with E-state index in [0.29, 0.717) is 30.3 Å². The molecule has 6 rings (SSSR count). The Morgan fingerprint density at radius 2 is 1.84 bits per heavy atom. The lowest BCUT2D eigenvalue weighted by molar-refractivity contribution is -0.140. The van der Waals surface area contributed by atoms with Gasteiger partial charge >= 0.3 is 0 Å². The number of fused-ring (bicyclic) bond motifs is 7. The van der Waals surface area contributed by atoms with E-state index in [9.17, 15) is 18.9 Å². The molecule has 1 saturated heterocycles. The molecular formula is C29H36INO6S. The van der Waals surface area contributed by atoms with Crippen LogP contribution in [0.5, 0.6) is 11.5 Å². The quantitative estimate of drug-likeness (QED) is 0.262. The minimum Gasteiger partial charge on any atom is -0.493 e. The summed E-state index contributed by atoms with van der Waals surface area (Å²) in [6, 6.07) is 3.78. The van der Waals surface area contributed by atoms with Crippen LogP contribution in [-0.2, 0) is 26.8 Å². The number of halogens is 1. The summed E-state index contributed by atoms with van der Waals surface area (Å²) in [6.07, 6.45) is 7.32. The number of aliphatic hydroxyl groups excluding tert-OH is 1. The molecule has 1 aromatic rings. The van der Waals surface area contributed by atoms with Crippen LogP contribution in [0.2, 0.25) is 0 Å². The van der Waals surface area contributed by atoms with Crippen molar-refractivity contribution in [2.24, 2.45) is 34.5 Å². The second-order valence-corrected chi connectivity index (χ2v) is 15.2. The van der Waals surface area contributed by atoms with E-state index in [1.165, 1.54) is 4.90 Å². The number of rotatable bonds is 8. The molecule has 0 unspecified atom stereocenters. The Labute approximate surface area is 240 Å². The van der Waals surface area contributed by atoms with Crippen LogP contribution in [-0.4, -0.2) is 63.4 Å². The third kappa shape index (κ3) is 3.30. The summed E-state index contributed by atoms with van der Waals surface area (Å²) >= 11 is 2.23. The van der Waals surface area contributed by atoms with Crippen LogP contribution in [0.1, 0.15) is 45.1 Å². The summed E-state index contributed by atoms with van der Waals surface area (Å²) in [4.78, 5) is 29.5. The average Bonchev–Trinajstić information content (AvgIpc) is 3.64. The lowest BCUT2D eigenvalue weighted by Crippen LogP contribution is -2.55. The van der Waals surface area contributed by atoms with Gasteiger partial charge in [-0.2, -0.15) is 0 Å². The van der Waals surface area contributed by atoms with Gasteiger partial charge in [0.15, 0.2) is 11.5 Å². The summed E-state index contributed by atoms with van der Waals surface area (Å²) in [6.45, 7) is 4.61. The lowest BCUT2D eigenvalue weighted by atomic mass is 9.70. The molecule has 1 heterocycles. The van der Waals surface area contributed by atoms with Gasteiger partial charge in [-0.1, -0.05) is 26.0 Å². The van der Waals surface area contributed by atoms with Crippen LogP contribution < -0.4 is 9.47 Å². The molecule has 4 bridgehead atoms. The normalized spacial score (nSPS) is 38.8. The Morgan fingerprint density at radius 1 is 1.13 bits per heavy atom. The molecule has 1 aromatic carbocycles. The molecule has 0 radical (unpaired) electrons. The van der Waals surface area contributed by atoms with Crippen molar-refractivity contribution >= 4 is 45.2 Å². The van der Waals surface area contributed by atoms with Crippen LogP contribution in [0.25, 0.3) is 0 Å². The van der Waals surface area contributed by atoms with Gasteiger partial charge in [0, 0.05) is 38.0 Å². The second kappa shape index (κ2) is 9.03. The maximum atomic E-state index is 14.5. The van der Waals surface area contributed by atoms with Gasteiger partial charge in [0.05, 0.1) is 26.2 Å². The van der Waals surface area contributed by atoms with Crippen molar-refractivity contribution in [1.29, 1.82) is 0 Å².